The molecule has 1 N–H and O–H groups in total. The van der Waals surface area contributed by atoms with Gasteiger partial charge in [-0.2, -0.15) is 17.5 Å². The van der Waals surface area contributed by atoms with Crippen molar-refractivity contribution in [3.8, 4) is 0 Å². The van der Waals surface area contributed by atoms with Gasteiger partial charge in [-0.15, -0.1) is 0 Å². The molecule has 3 rings (SSSR count). The summed E-state index contributed by atoms with van der Waals surface area (Å²) in [5, 5.41) is 9.32. The molecule has 1 atom stereocenters. The minimum atomic E-state index is -4.62. The normalized spacial score (nSPS) is 22.6. The van der Waals surface area contributed by atoms with E-state index in [-0.39, 0.29) is 42.3 Å². The molecule has 0 radical (unpaired) electrons. The third-order valence-electron chi connectivity index (χ3n) is 5.69. The molecule has 162 valence electrons. The number of alkyl halides is 3. The first-order valence-electron chi connectivity index (χ1n) is 9.70. The lowest BCUT2D eigenvalue weighted by atomic mass is 9.93. The monoisotopic (exact) mass is 434 g/mol. The summed E-state index contributed by atoms with van der Waals surface area (Å²) in [6.07, 6.45) is -2.24. The van der Waals surface area contributed by atoms with Crippen LogP contribution in [0, 0.1) is 11.8 Å². The second kappa shape index (κ2) is 8.61. The number of rotatable bonds is 4. The van der Waals surface area contributed by atoms with Gasteiger partial charge in [0.25, 0.3) is 0 Å². The number of nitrogens with zero attached hydrogens (tertiary/aromatic N) is 2. The van der Waals surface area contributed by atoms with Crippen LogP contribution in [0.5, 0.6) is 0 Å². The first kappa shape index (κ1) is 22.0. The van der Waals surface area contributed by atoms with Crippen LogP contribution < -0.4 is 0 Å². The fourth-order valence-electron chi connectivity index (χ4n) is 4.00. The highest BCUT2D eigenvalue weighted by atomic mass is 32.2. The number of piperidine rings is 2. The molecule has 6 nitrogen and oxygen atoms in total. The number of carbonyl (C=O) groups excluding carboxylic acids is 1. The summed E-state index contributed by atoms with van der Waals surface area (Å²) >= 11 is 0. The summed E-state index contributed by atoms with van der Waals surface area (Å²) in [5.41, 5.74) is -1.01. The lowest BCUT2D eigenvalue weighted by Gasteiger charge is -2.37. The molecule has 0 spiro atoms. The van der Waals surface area contributed by atoms with Crippen molar-refractivity contribution in [3.63, 3.8) is 0 Å². The zero-order valence-corrected chi connectivity index (χ0v) is 16.8. The number of sulfonamides is 1. The molecule has 1 aromatic carbocycles. The van der Waals surface area contributed by atoms with Gasteiger partial charge in [0.1, 0.15) is 0 Å². The molecule has 2 fully saturated rings. The summed E-state index contributed by atoms with van der Waals surface area (Å²) in [6.45, 7) is 1.37. The van der Waals surface area contributed by atoms with Crippen molar-refractivity contribution in [2.24, 2.45) is 11.8 Å². The molecule has 1 aromatic rings. The van der Waals surface area contributed by atoms with Gasteiger partial charge in [-0.25, -0.2) is 8.42 Å². The molecule has 2 heterocycles. The molecule has 10 heteroatoms. The Labute approximate surface area is 168 Å². The first-order valence-corrected chi connectivity index (χ1v) is 11.1. The van der Waals surface area contributed by atoms with Gasteiger partial charge < -0.3 is 10.0 Å². The second-order valence-electron chi connectivity index (χ2n) is 7.68. The topological polar surface area (TPSA) is 77.9 Å². The van der Waals surface area contributed by atoms with Gasteiger partial charge in [0, 0.05) is 38.7 Å². The quantitative estimate of drug-likeness (QED) is 0.789. The molecule has 0 saturated carbocycles. The molecule has 1 amide bonds. The summed E-state index contributed by atoms with van der Waals surface area (Å²) in [6, 6.07) is 3.72. The highest BCUT2D eigenvalue weighted by molar-refractivity contribution is 7.89. The Morgan fingerprint density at radius 2 is 1.83 bits per heavy atom. The number of aliphatic hydroxyl groups excluding tert-OH is 1. The molecule has 2 saturated heterocycles. The lowest BCUT2D eigenvalue weighted by Crippen LogP contribution is -2.47. The van der Waals surface area contributed by atoms with Crippen LogP contribution in [0.25, 0.3) is 0 Å². The van der Waals surface area contributed by atoms with E-state index < -0.39 is 21.8 Å². The average molecular weight is 434 g/mol. The van der Waals surface area contributed by atoms with Crippen LogP contribution >= 0.6 is 0 Å². The molecule has 29 heavy (non-hydrogen) atoms. The summed E-state index contributed by atoms with van der Waals surface area (Å²) in [5.74, 6) is -0.256. The van der Waals surface area contributed by atoms with E-state index in [1.807, 2.05) is 0 Å². The third kappa shape index (κ3) is 4.92. The van der Waals surface area contributed by atoms with Gasteiger partial charge in [-0.05, 0) is 49.8 Å². The van der Waals surface area contributed by atoms with Gasteiger partial charge >= 0.3 is 6.18 Å². The first-order chi connectivity index (χ1) is 13.6. The molecule has 1 unspecified atom stereocenters. The Balaban J connectivity index is 1.65. The number of carbonyl (C=O) groups is 1. The SMILES string of the molecule is O=C(C1CCN(S(=O)(=O)c2cccc(C(F)(F)F)c2)CC1)N1CCCC(CO)C1. The fraction of sp³-hybridized carbons (Fsp3) is 0.632. The zero-order chi connectivity index (χ0) is 21.2. The predicted octanol–water partition coefficient (Wildman–Crippen LogP) is 2.34. The van der Waals surface area contributed by atoms with Crippen molar-refractivity contribution in [2.75, 3.05) is 32.8 Å². The zero-order valence-electron chi connectivity index (χ0n) is 15.9. The average Bonchev–Trinajstić information content (AvgIpc) is 2.73. The third-order valence-corrected chi connectivity index (χ3v) is 7.59. The molecular formula is C19H25F3N2O4S. The molecular weight excluding hydrogens is 409 g/mol. The second-order valence-corrected chi connectivity index (χ2v) is 9.62. The van der Waals surface area contributed by atoms with Gasteiger partial charge in [0.05, 0.1) is 10.5 Å². The number of hydrogen-bond donors (Lipinski definition) is 1. The van der Waals surface area contributed by atoms with E-state index in [4.69, 9.17) is 0 Å². The number of amides is 1. The highest BCUT2D eigenvalue weighted by Crippen LogP contribution is 2.32. The Morgan fingerprint density at radius 1 is 1.14 bits per heavy atom. The minimum absolute atomic E-state index is 0.0285. The Kier molecular flexibility index (Phi) is 6.54. The Morgan fingerprint density at radius 3 is 2.45 bits per heavy atom. The number of aliphatic hydroxyl groups is 1. The van der Waals surface area contributed by atoms with E-state index in [2.05, 4.69) is 0 Å². The molecule has 0 aromatic heterocycles. The van der Waals surface area contributed by atoms with Gasteiger partial charge in [-0.3, -0.25) is 4.79 Å². The van der Waals surface area contributed by atoms with Crippen molar-refractivity contribution >= 4 is 15.9 Å². The Hall–Kier alpha value is -1.65. The highest BCUT2D eigenvalue weighted by Gasteiger charge is 2.36. The maximum Gasteiger partial charge on any atom is 0.416 e. The standard InChI is InChI=1S/C19H25F3N2O4S/c20-19(21,22)16-4-1-5-17(11-16)29(27,28)24-9-6-15(7-10-24)18(26)23-8-2-3-14(12-23)13-25/h1,4-5,11,14-15,25H,2-3,6-10,12-13H2. The maximum absolute atomic E-state index is 12.9. The molecule has 2 aliphatic heterocycles. The summed E-state index contributed by atoms with van der Waals surface area (Å²) < 4.78 is 65.4. The van der Waals surface area contributed by atoms with Crippen molar-refractivity contribution in [1.82, 2.24) is 9.21 Å². The van der Waals surface area contributed by atoms with Crippen molar-refractivity contribution in [2.45, 2.75) is 36.8 Å². The molecule has 0 aliphatic carbocycles. The minimum Gasteiger partial charge on any atom is -0.396 e. The predicted molar refractivity (Wildman–Crippen MR) is 99.3 cm³/mol. The van der Waals surface area contributed by atoms with Crippen LogP contribution in [0.3, 0.4) is 0 Å². The van der Waals surface area contributed by atoms with Crippen LogP contribution in [0.15, 0.2) is 29.2 Å². The molecule has 0 bridgehead atoms. The van der Waals surface area contributed by atoms with Crippen molar-refractivity contribution < 1.29 is 31.5 Å². The maximum atomic E-state index is 12.9. The Bertz CT molecular complexity index is 836. The number of benzene rings is 1. The van der Waals surface area contributed by atoms with Crippen LogP contribution in [0.1, 0.15) is 31.2 Å². The van der Waals surface area contributed by atoms with Crippen molar-refractivity contribution in [1.29, 1.82) is 0 Å². The van der Waals surface area contributed by atoms with E-state index in [1.165, 1.54) is 0 Å². The van der Waals surface area contributed by atoms with Gasteiger partial charge in [0.2, 0.25) is 15.9 Å². The van der Waals surface area contributed by atoms with Crippen LogP contribution in [-0.2, 0) is 21.0 Å². The summed E-state index contributed by atoms with van der Waals surface area (Å²) in [4.78, 5) is 14.1. The lowest BCUT2D eigenvalue weighted by molar-refractivity contribution is -0.139. The van der Waals surface area contributed by atoms with Gasteiger partial charge in [-0.1, -0.05) is 6.07 Å². The van der Waals surface area contributed by atoms with E-state index in [0.717, 1.165) is 35.3 Å². The number of hydrogen-bond acceptors (Lipinski definition) is 4. The number of likely N-dealkylation sites (tertiary alicyclic amines) is 1. The van der Waals surface area contributed by atoms with E-state index in [0.29, 0.717) is 32.0 Å². The van der Waals surface area contributed by atoms with E-state index in [9.17, 15) is 31.5 Å². The van der Waals surface area contributed by atoms with Gasteiger partial charge in [0.15, 0.2) is 0 Å². The van der Waals surface area contributed by atoms with Crippen molar-refractivity contribution in [3.05, 3.63) is 29.8 Å². The molecule has 2 aliphatic rings. The van der Waals surface area contributed by atoms with E-state index in [1.54, 1.807) is 4.90 Å². The van der Waals surface area contributed by atoms with Crippen LogP contribution in [-0.4, -0.2) is 61.4 Å². The van der Waals surface area contributed by atoms with Crippen LogP contribution in [0.2, 0.25) is 0 Å². The largest absolute Gasteiger partial charge is 0.416 e. The summed E-state index contributed by atoms with van der Waals surface area (Å²) in [7, 11) is -4.06. The smallest absolute Gasteiger partial charge is 0.396 e. The fourth-order valence-corrected chi connectivity index (χ4v) is 5.51. The number of halogens is 3. The van der Waals surface area contributed by atoms with E-state index >= 15 is 0 Å². The van der Waals surface area contributed by atoms with Crippen LogP contribution in [0.4, 0.5) is 13.2 Å².